The van der Waals surface area contributed by atoms with Gasteiger partial charge in [-0.15, -0.1) is 0 Å². The molecule has 0 aliphatic carbocycles. The fraction of sp³-hybridized carbons (Fsp3) is 0.600. The normalized spacial score (nSPS) is 14.2. The van der Waals surface area contributed by atoms with Crippen LogP contribution in [0, 0.1) is 0 Å². The van der Waals surface area contributed by atoms with Crippen molar-refractivity contribution in [3.05, 3.63) is 28.8 Å². The van der Waals surface area contributed by atoms with Gasteiger partial charge in [-0.2, -0.15) is 0 Å². The molecule has 2 atom stereocenters. The SMILES string of the molecule is CCCC(OCC)C(NC)c1cc(Cl)ccc1OC. The zero-order chi connectivity index (χ0) is 14.3. The van der Waals surface area contributed by atoms with Crippen molar-refractivity contribution in [3.63, 3.8) is 0 Å². The third-order valence-corrected chi connectivity index (χ3v) is 3.40. The minimum atomic E-state index is 0.0774. The summed E-state index contributed by atoms with van der Waals surface area (Å²) in [6.45, 7) is 4.88. The zero-order valence-electron chi connectivity index (χ0n) is 12.2. The Morgan fingerprint density at radius 3 is 2.58 bits per heavy atom. The van der Waals surface area contributed by atoms with Crippen molar-refractivity contribution in [2.75, 3.05) is 20.8 Å². The highest BCUT2D eigenvalue weighted by Crippen LogP contribution is 2.32. The molecule has 0 bridgehead atoms. The second-order valence-electron chi connectivity index (χ2n) is 4.44. The van der Waals surface area contributed by atoms with Gasteiger partial charge in [0.25, 0.3) is 0 Å². The average Bonchev–Trinajstić information content (AvgIpc) is 2.40. The van der Waals surface area contributed by atoms with Gasteiger partial charge in [0.05, 0.1) is 19.3 Å². The molecule has 0 aromatic heterocycles. The smallest absolute Gasteiger partial charge is 0.123 e. The van der Waals surface area contributed by atoms with E-state index in [1.165, 1.54) is 0 Å². The van der Waals surface area contributed by atoms with E-state index in [0.29, 0.717) is 11.6 Å². The summed E-state index contributed by atoms with van der Waals surface area (Å²) in [5, 5.41) is 4.04. The highest BCUT2D eigenvalue weighted by molar-refractivity contribution is 6.30. The molecule has 0 radical (unpaired) electrons. The molecule has 19 heavy (non-hydrogen) atoms. The van der Waals surface area contributed by atoms with Gasteiger partial charge < -0.3 is 14.8 Å². The molecule has 4 heteroatoms. The van der Waals surface area contributed by atoms with Crippen molar-refractivity contribution in [2.24, 2.45) is 0 Å². The number of rotatable bonds is 8. The first-order chi connectivity index (χ1) is 9.17. The topological polar surface area (TPSA) is 30.5 Å². The van der Waals surface area contributed by atoms with E-state index in [0.717, 1.165) is 24.2 Å². The van der Waals surface area contributed by atoms with Crippen LogP contribution >= 0.6 is 11.6 Å². The molecular formula is C15H24ClNO2. The number of hydrogen-bond acceptors (Lipinski definition) is 3. The molecule has 0 spiro atoms. The van der Waals surface area contributed by atoms with Crippen LogP contribution in [0.5, 0.6) is 5.75 Å². The molecule has 0 saturated heterocycles. The van der Waals surface area contributed by atoms with Crippen molar-refractivity contribution in [1.29, 1.82) is 0 Å². The number of ether oxygens (including phenoxy) is 2. The third kappa shape index (κ3) is 4.37. The van der Waals surface area contributed by atoms with E-state index >= 15 is 0 Å². The lowest BCUT2D eigenvalue weighted by atomic mass is 9.97. The standard InChI is InChI=1S/C15H24ClNO2/c1-5-7-14(19-6-2)15(17-3)12-10-11(16)8-9-13(12)18-4/h8-10,14-15,17H,5-7H2,1-4H3. The van der Waals surface area contributed by atoms with E-state index in [-0.39, 0.29) is 12.1 Å². The molecular weight excluding hydrogens is 262 g/mol. The molecule has 1 N–H and O–H groups in total. The maximum Gasteiger partial charge on any atom is 0.123 e. The highest BCUT2D eigenvalue weighted by atomic mass is 35.5. The molecule has 0 aliphatic heterocycles. The molecule has 0 saturated carbocycles. The Kier molecular flexibility index (Phi) is 7.21. The summed E-state index contributed by atoms with van der Waals surface area (Å²) in [5.74, 6) is 0.838. The largest absolute Gasteiger partial charge is 0.496 e. The average molecular weight is 286 g/mol. The van der Waals surface area contributed by atoms with Crippen LogP contribution in [0.15, 0.2) is 18.2 Å². The van der Waals surface area contributed by atoms with Crippen molar-refractivity contribution in [2.45, 2.75) is 38.8 Å². The Balaban J connectivity index is 3.08. The van der Waals surface area contributed by atoms with Gasteiger partial charge >= 0.3 is 0 Å². The number of likely N-dealkylation sites (N-methyl/N-ethyl adjacent to an activating group) is 1. The summed E-state index contributed by atoms with van der Waals surface area (Å²) in [5.41, 5.74) is 1.05. The van der Waals surface area contributed by atoms with Gasteiger partial charge in [-0.3, -0.25) is 0 Å². The lowest BCUT2D eigenvalue weighted by Gasteiger charge is -2.28. The number of halogens is 1. The van der Waals surface area contributed by atoms with Crippen molar-refractivity contribution >= 4 is 11.6 Å². The predicted octanol–water partition coefficient (Wildman–Crippen LogP) is 3.81. The molecule has 108 valence electrons. The van der Waals surface area contributed by atoms with Crippen molar-refractivity contribution < 1.29 is 9.47 Å². The molecule has 0 aliphatic rings. The van der Waals surface area contributed by atoms with Crippen LogP contribution in [0.25, 0.3) is 0 Å². The van der Waals surface area contributed by atoms with Crippen molar-refractivity contribution in [1.82, 2.24) is 5.32 Å². The quantitative estimate of drug-likeness (QED) is 0.788. The van der Waals surface area contributed by atoms with E-state index < -0.39 is 0 Å². The van der Waals surface area contributed by atoms with Crippen molar-refractivity contribution in [3.8, 4) is 5.75 Å². The number of methoxy groups -OCH3 is 1. The van der Waals surface area contributed by atoms with E-state index in [1.807, 2.05) is 32.2 Å². The molecule has 0 heterocycles. The molecule has 1 aromatic rings. The second kappa shape index (κ2) is 8.41. The summed E-state index contributed by atoms with van der Waals surface area (Å²) in [4.78, 5) is 0. The lowest BCUT2D eigenvalue weighted by molar-refractivity contribution is 0.0290. The third-order valence-electron chi connectivity index (χ3n) is 3.16. The second-order valence-corrected chi connectivity index (χ2v) is 4.87. The van der Waals surface area contributed by atoms with E-state index in [4.69, 9.17) is 21.1 Å². The Hall–Kier alpha value is -0.770. The Labute approximate surface area is 121 Å². The van der Waals surface area contributed by atoms with Crippen LogP contribution in [0.3, 0.4) is 0 Å². The Morgan fingerprint density at radius 2 is 2.05 bits per heavy atom. The monoisotopic (exact) mass is 285 g/mol. The first-order valence-electron chi connectivity index (χ1n) is 6.80. The van der Waals surface area contributed by atoms with Gasteiger partial charge in [0, 0.05) is 17.2 Å². The van der Waals surface area contributed by atoms with E-state index in [9.17, 15) is 0 Å². The predicted molar refractivity (Wildman–Crippen MR) is 80.1 cm³/mol. The minimum Gasteiger partial charge on any atom is -0.496 e. The van der Waals surface area contributed by atoms with Gasteiger partial charge in [-0.1, -0.05) is 24.9 Å². The Morgan fingerprint density at radius 1 is 1.32 bits per heavy atom. The van der Waals surface area contributed by atoms with Crippen LogP contribution in [-0.4, -0.2) is 26.9 Å². The number of nitrogens with one attached hydrogen (secondary N) is 1. The van der Waals surface area contributed by atoms with Gasteiger partial charge in [-0.05, 0) is 38.6 Å². The summed E-state index contributed by atoms with van der Waals surface area (Å²) in [6.07, 6.45) is 2.19. The minimum absolute atomic E-state index is 0.0774. The van der Waals surface area contributed by atoms with Gasteiger partial charge in [0.1, 0.15) is 5.75 Å². The number of hydrogen-bond donors (Lipinski definition) is 1. The van der Waals surface area contributed by atoms with E-state index in [2.05, 4.69) is 12.2 Å². The van der Waals surface area contributed by atoms with Gasteiger partial charge in [0.2, 0.25) is 0 Å². The fourth-order valence-corrected chi connectivity index (χ4v) is 2.52. The molecule has 3 nitrogen and oxygen atoms in total. The summed E-state index contributed by atoms with van der Waals surface area (Å²) < 4.78 is 11.3. The molecule has 0 fully saturated rings. The van der Waals surface area contributed by atoms with Crippen LogP contribution in [0.2, 0.25) is 5.02 Å². The first kappa shape index (κ1) is 16.3. The lowest BCUT2D eigenvalue weighted by Crippen LogP contribution is -2.32. The molecule has 1 rings (SSSR count). The molecule has 2 unspecified atom stereocenters. The van der Waals surface area contributed by atoms with E-state index in [1.54, 1.807) is 7.11 Å². The molecule has 1 aromatic carbocycles. The summed E-state index contributed by atoms with van der Waals surface area (Å²) >= 11 is 6.11. The Bertz CT molecular complexity index is 378. The van der Waals surface area contributed by atoms with Crippen LogP contribution in [0.4, 0.5) is 0 Å². The maximum atomic E-state index is 6.11. The fourth-order valence-electron chi connectivity index (χ4n) is 2.33. The van der Waals surface area contributed by atoms with Crippen LogP contribution in [0.1, 0.15) is 38.3 Å². The summed E-state index contributed by atoms with van der Waals surface area (Å²) in [7, 11) is 3.61. The van der Waals surface area contributed by atoms with Gasteiger partial charge in [-0.25, -0.2) is 0 Å². The van der Waals surface area contributed by atoms with Gasteiger partial charge in [0.15, 0.2) is 0 Å². The first-order valence-corrected chi connectivity index (χ1v) is 7.17. The zero-order valence-corrected chi connectivity index (χ0v) is 13.0. The molecule has 0 amide bonds. The maximum absolute atomic E-state index is 6.11. The van der Waals surface area contributed by atoms with Crippen LogP contribution < -0.4 is 10.1 Å². The van der Waals surface area contributed by atoms with Crippen LogP contribution in [-0.2, 0) is 4.74 Å². The summed E-state index contributed by atoms with van der Waals surface area (Å²) in [6, 6.07) is 5.76. The highest BCUT2D eigenvalue weighted by Gasteiger charge is 2.24. The number of benzene rings is 1.